The quantitative estimate of drug-likeness (QED) is 0.408. The normalized spacial score (nSPS) is 51.2. The van der Waals surface area contributed by atoms with Crippen molar-refractivity contribution in [2.24, 2.45) is 50.2 Å². The van der Waals surface area contributed by atoms with Gasteiger partial charge < -0.3 is 10.2 Å². The molecule has 5 rings (SSSR count). The van der Waals surface area contributed by atoms with Crippen LogP contribution in [0.1, 0.15) is 119 Å². The van der Waals surface area contributed by atoms with Gasteiger partial charge in [0.05, 0.1) is 12.5 Å². The second-order valence-corrected chi connectivity index (χ2v) is 15.5. The molecule has 3 nitrogen and oxygen atoms in total. The van der Waals surface area contributed by atoms with E-state index < -0.39 is 5.97 Å². The molecule has 0 heterocycles. The van der Waals surface area contributed by atoms with Crippen LogP contribution in [-0.4, -0.2) is 22.3 Å². The first-order valence-corrected chi connectivity index (χ1v) is 14.2. The largest absolute Gasteiger partial charge is 0.481 e. The van der Waals surface area contributed by atoms with Gasteiger partial charge in [-0.15, -0.1) is 0 Å². The SMILES string of the molecule is CC1(C)CCC2(CC(=O)O)CCC3(C)C(=CCC4C5(C)CCC(O)C(C)(C)C5CCC43C)C2C1. The molecule has 3 heteroatoms. The zero-order chi connectivity index (χ0) is 24.9. The van der Waals surface area contributed by atoms with Crippen molar-refractivity contribution in [1.82, 2.24) is 0 Å². The summed E-state index contributed by atoms with van der Waals surface area (Å²) in [5.41, 5.74) is 2.54. The summed E-state index contributed by atoms with van der Waals surface area (Å²) in [5.74, 6) is 1.02. The molecule has 0 saturated heterocycles. The third-order valence-corrected chi connectivity index (χ3v) is 13.3. The first kappa shape index (κ1) is 24.8. The van der Waals surface area contributed by atoms with E-state index in [0.29, 0.717) is 24.2 Å². The van der Waals surface area contributed by atoms with Crippen molar-refractivity contribution in [2.45, 2.75) is 125 Å². The summed E-state index contributed by atoms with van der Waals surface area (Å²) >= 11 is 0. The Kier molecular flexibility index (Phi) is 5.38. The van der Waals surface area contributed by atoms with Gasteiger partial charge in [0.2, 0.25) is 0 Å². The Hall–Kier alpha value is -0.830. The molecule has 4 saturated carbocycles. The topological polar surface area (TPSA) is 57.5 Å². The Morgan fingerprint density at radius 2 is 1.59 bits per heavy atom. The van der Waals surface area contributed by atoms with Crippen LogP contribution >= 0.6 is 0 Å². The van der Waals surface area contributed by atoms with Crippen molar-refractivity contribution < 1.29 is 15.0 Å². The molecule has 8 unspecified atom stereocenters. The molecule has 2 N–H and O–H groups in total. The third kappa shape index (κ3) is 3.13. The fraction of sp³-hybridized carbons (Fsp3) is 0.903. The van der Waals surface area contributed by atoms with Gasteiger partial charge in [-0.1, -0.05) is 60.1 Å². The van der Waals surface area contributed by atoms with Crippen LogP contribution in [0.5, 0.6) is 0 Å². The van der Waals surface area contributed by atoms with E-state index in [9.17, 15) is 15.0 Å². The van der Waals surface area contributed by atoms with Crippen LogP contribution in [0, 0.1) is 50.2 Å². The van der Waals surface area contributed by atoms with Crippen LogP contribution in [0.3, 0.4) is 0 Å². The molecule has 0 amide bonds. The highest BCUT2D eigenvalue weighted by molar-refractivity contribution is 5.68. The first-order valence-electron chi connectivity index (χ1n) is 14.2. The van der Waals surface area contributed by atoms with Gasteiger partial charge in [0.1, 0.15) is 0 Å². The van der Waals surface area contributed by atoms with E-state index in [0.717, 1.165) is 51.4 Å². The summed E-state index contributed by atoms with van der Waals surface area (Å²) in [5, 5.41) is 20.8. The molecule has 0 aliphatic heterocycles. The minimum Gasteiger partial charge on any atom is -0.481 e. The number of fused-ring (bicyclic) bond motifs is 7. The summed E-state index contributed by atoms with van der Waals surface area (Å²) in [6, 6.07) is 0. The predicted octanol–water partition coefficient (Wildman–Crippen LogP) is 7.62. The maximum absolute atomic E-state index is 12.1. The van der Waals surface area contributed by atoms with Gasteiger partial charge in [-0.2, -0.15) is 0 Å². The summed E-state index contributed by atoms with van der Waals surface area (Å²) in [4.78, 5) is 12.1. The van der Waals surface area contributed by atoms with Gasteiger partial charge in [0.25, 0.3) is 0 Å². The predicted molar refractivity (Wildman–Crippen MR) is 137 cm³/mol. The summed E-state index contributed by atoms with van der Waals surface area (Å²) < 4.78 is 0. The molecule has 192 valence electrons. The molecular weight excluding hydrogens is 420 g/mol. The zero-order valence-corrected chi connectivity index (χ0v) is 23.0. The molecule has 0 aromatic rings. The smallest absolute Gasteiger partial charge is 0.303 e. The van der Waals surface area contributed by atoms with E-state index in [1.165, 1.54) is 12.8 Å². The molecular formula is C31H50O3. The molecule has 0 aromatic heterocycles. The number of aliphatic hydroxyl groups excluding tert-OH is 1. The molecule has 0 aromatic carbocycles. The number of aliphatic hydroxyl groups is 1. The van der Waals surface area contributed by atoms with E-state index >= 15 is 0 Å². The molecule has 5 aliphatic rings. The van der Waals surface area contributed by atoms with E-state index in [-0.39, 0.29) is 38.6 Å². The number of carbonyl (C=O) groups is 1. The highest BCUT2D eigenvalue weighted by Crippen LogP contribution is 2.76. The fourth-order valence-corrected chi connectivity index (χ4v) is 11.0. The Morgan fingerprint density at radius 3 is 2.26 bits per heavy atom. The molecule has 0 spiro atoms. The third-order valence-electron chi connectivity index (χ3n) is 13.3. The number of allylic oxidation sites excluding steroid dienone is 2. The summed E-state index contributed by atoms with van der Waals surface area (Å²) in [6.45, 7) is 17.2. The Labute approximate surface area is 208 Å². The van der Waals surface area contributed by atoms with Crippen molar-refractivity contribution in [3.05, 3.63) is 11.6 Å². The van der Waals surface area contributed by atoms with Gasteiger partial charge in [-0.25, -0.2) is 0 Å². The second-order valence-electron chi connectivity index (χ2n) is 15.5. The number of rotatable bonds is 2. The van der Waals surface area contributed by atoms with Gasteiger partial charge in [-0.3, -0.25) is 4.79 Å². The molecule has 5 aliphatic carbocycles. The van der Waals surface area contributed by atoms with Crippen molar-refractivity contribution in [1.29, 1.82) is 0 Å². The molecule has 0 radical (unpaired) electrons. The van der Waals surface area contributed by atoms with Crippen LogP contribution in [0.15, 0.2) is 11.6 Å². The Balaban J connectivity index is 1.58. The number of carboxylic acids is 1. The van der Waals surface area contributed by atoms with Gasteiger partial charge >= 0.3 is 5.97 Å². The first-order chi connectivity index (χ1) is 15.6. The van der Waals surface area contributed by atoms with Crippen molar-refractivity contribution in [3.8, 4) is 0 Å². The van der Waals surface area contributed by atoms with Crippen LogP contribution in [0.4, 0.5) is 0 Å². The van der Waals surface area contributed by atoms with E-state index in [1.54, 1.807) is 5.57 Å². The van der Waals surface area contributed by atoms with Crippen LogP contribution in [0.2, 0.25) is 0 Å². The lowest BCUT2D eigenvalue weighted by atomic mass is 9.33. The number of hydrogen-bond donors (Lipinski definition) is 2. The molecule has 4 fully saturated rings. The lowest BCUT2D eigenvalue weighted by molar-refractivity contribution is -0.204. The highest BCUT2D eigenvalue weighted by atomic mass is 16.4. The number of hydrogen-bond acceptors (Lipinski definition) is 2. The zero-order valence-electron chi connectivity index (χ0n) is 23.0. The average Bonchev–Trinajstić information content (AvgIpc) is 2.72. The van der Waals surface area contributed by atoms with Gasteiger partial charge in [-0.05, 0) is 114 Å². The molecule has 8 atom stereocenters. The maximum atomic E-state index is 12.1. The van der Waals surface area contributed by atoms with Gasteiger partial charge in [0.15, 0.2) is 0 Å². The van der Waals surface area contributed by atoms with Crippen LogP contribution in [0.25, 0.3) is 0 Å². The standard InChI is InChI=1S/C31H50O3/c1-26(2)14-16-31(19-25(33)34)17-15-29(6)20(21(31)18-26)8-9-23-28(5)12-11-24(32)27(3,4)22(28)10-13-30(23,29)7/h8,21-24,32H,9-19H2,1-7H3,(H,33,34). The minimum absolute atomic E-state index is 0.0180. The van der Waals surface area contributed by atoms with Crippen LogP contribution in [-0.2, 0) is 4.79 Å². The number of carboxylic acid groups (broad SMARTS) is 1. The lowest BCUT2D eigenvalue weighted by Crippen LogP contribution is -2.64. The minimum atomic E-state index is -0.607. The van der Waals surface area contributed by atoms with Crippen LogP contribution < -0.4 is 0 Å². The lowest BCUT2D eigenvalue weighted by Gasteiger charge is -2.71. The Morgan fingerprint density at radius 1 is 0.912 bits per heavy atom. The monoisotopic (exact) mass is 470 g/mol. The molecule has 34 heavy (non-hydrogen) atoms. The van der Waals surface area contributed by atoms with E-state index in [1.807, 2.05) is 0 Å². The van der Waals surface area contributed by atoms with Crippen molar-refractivity contribution in [3.63, 3.8) is 0 Å². The highest BCUT2D eigenvalue weighted by Gasteiger charge is 2.68. The second kappa shape index (κ2) is 7.36. The summed E-state index contributed by atoms with van der Waals surface area (Å²) in [6.07, 6.45) is 14.0. The summed E-state index contributed by atoms with van der Waals surface area (Å²) in [7, 11) is 0. The average molecular weight is 471 g/mol. The number of aliphatic carboxylic acids is 1. The van der Waals surface area contributed by atoms with Crippen molar-refractivity contribution in [2.75, 3.05) is 0 Å². The molecule has 0 bridgehead atoms. The fourth-order valence-electron chi connectivity index (χ4n) is 11.0. The van der Waals surface area contributed by atoms with E-state index in [2.05, 4.69) is 54.5 Å². The van der Waals surface area contributed by atoms with Crippen molar-refractivity contribution >= 4 is 5.97 Å². The van der Waals surface area contributed by atoms with Gasteiger partial charge in [0, 0.05) is 0 Å². The van der Waals surface area contributed by atoms with E-state index in [4.69, 9.17) is 0 Å². The maximum Gasteiger partial charge on any atom is 0.303 e. The Bertz CT molecular complexity index is 900.